The number of nitrogens with one attached hydrogen (secondary N) is 1. The van der Waals surface area contributed by atoms with Crippen molar-refractivity contribution in [3.8, 4) is 0 Å². The largest absolute Gasteiger partial charge is 0.460 e. The molecule has 7 heteroatoms. The molecule has 40 heavy (non-hydrogen) atoms. The zero-order chi connectivity index (χ0) is 28.5. The predicted molar refractivity (Wildman–Crippen MR) is 152 cm³/mol. The van der Waals surface area contributed by atoms with Crippen molar-refractivity contribution < 1.29 is 28.6 Å². The Morgan fingerprint density at radius 3 is 1.70 bits per heavy atom. The van der Waals surface area contributed by atoms with Crippen molar-refractivity contribution in [2.75, 3.05) is 0 Å². The maximum Gasteiger partial charge on any atom is 0.408 e. The zero-order valence-electron chi connectivity index (χ0n) is 22.8. The van der Waals surface area contributed by atoms with Crippen LogP contribution in [0.1, 0.15) is 43.5 Å². The van der Waals surface area contributed by atoms with Crippen LogP contribution in [0, 0.1) is 5.92 Å². The van der Waals surface area contributed by atoms with Gasteiger partial charge in [-0.2, -0.15) is 0 Å². The molecule has 1 N–H and O–H groups in total. The minimum Gasteiger partial charge on any atom is -0.460 e. The van der Waals surface area contributed by atoms with Gasteiger partial charge in [0.25, 0.3) is 0 Å². The first-order valence-electron chi connectivity index (χ1n) is 13.1. The van der Waals surface area contributed by atoms with Gasteiger partial charge in [-0.15, -0.1) is 0 Å². The zero-order valence-corrected chi connectivity index (χ0v) is 22.8. The van der Waals surface area contributed by atoms with E-state index in [1.165, 1.54) is 0 Å². The fraction of sp³-hybridized carbons (Fsp3) is 0.242. The lowest BCUT2D eigenvalue weighted by Crippen LogP contribution is -2.43. The molecule has 4 rings (SSSR count). The Kier molecular flexibility index (Phi) is 9.17. The molecule has 0 unspecified atom stereocenters. The molecule has 0 aliphatic carbocycles. The third kappa shape index (κ3) is 7.93. The lowest BCUT2D eigenvalue weighted by atomic mass is 9.91. The highest BCUT2D eigenvalue weighted by Gasteiger charge is 2.40. The minimum absolute atomic E-state index is 0.0426. The van der Waals surface area contributed by atoms with Crippen LogP contribution in [0.3, 0.4) is 0 Å². The summed E-state index contributed by atoms with van der Waals surface area (Å²) in [5.74, 6) is -3.15. The third-order valence-electron chi connectivity index (χ3n) is 6.09. The van der Waals surface area contributed by atoms with Crippen LogP contribution < -0.4 is 5.32 Å². The van der Waals surface area contributed by atoms with Crippen molar-refractivity contribution in [1.82, 2.24) is 5.32 Å². The van der Waals surface area contributed by atoms with Gasteiger partial charge in [-0.05, 0) is 54.3 Å². The van der Waals surface area contributed by atoms with Crippen molar-refractivity contribution in [1.29, 1.82) is 0 Å². The summed E-state index contributed by atoms with van der Waals surface area (Å²) >= 11 is 0. The van der Waals surface area contributed by atoms with Crippen LogP contribution in [0.5, 0.6) is 0 Å². The summed E-state index contributed by atoms with van der Waals surface area (Å²) in [6, 6.07) is 30.3. The van der Waals surface area contributed by atoms with Gasteiger partial charge in [0.15, 0.2) is 5.92 Å². The molecular weight excluding hydrogens is 506 g/mol. The molecule has 0 bridgehead atoms. The second kappa shape index (κ2) is 12.9. The van der Waals surface area contributed by atoms with Crippen molar-refractivity contribution in [3.05, 3.63) is 120 Å². The molecule has 0 spiro atoms. The van der Waals surface area contributed by atoms with Gasteiger partial charge in [0, 0.05) is 0 Å². The monoisotopic (exact) mass is 539 g/mol. The predicted octanol–water partition coefficient (Wildman–Crippen LogP) is 6.51. The summed E-state index contributed by atoms with van der Waals surface area (Å²) in [7, 11) is 0. The van der Waals surface area contributed by atoms with Crippen molar-refractivity contribution >= 4 is 28.8 Å². The smallest absolute Gasteiger partial charge is 0.408 e. The third-order valence-corrected chi connectivity index (χ3v) is 6.09. The molecule has 0 saturated carbocycles. The average Bonchev–Trinajstić information content (AvgIpc) is 2.94. The minimum atomic E-state index is -1.50. The van der Waals surface area contributed by atoms with Crippen molar-refractivity contribution in [3.63, 3.8) is 0 Å². The van der Waals surface area contributed by atoms with E-state index in [-0.39, 0.29) is 13.2 Å². The molecule has 0 aliphatic rings. The van der Waals surface area contributed by atoms with E-state index >= 15 is 0 Å². The molecule has 7 nitrogen and oxygen atoms in total. The van der Waals surface area contributed by atoms with Crippen LogP contribution in [-0.2, 0) is 37.0 Å². The molecule has 0 aliphatic heterocycles. The van der Waals surface area contributed by atoms with Gasteiger partial charge in [-0.1, -0.05) is 97.1 Å². The second-order valence-electron chi connectivity index (χ2n) is 10.4. The Hall–Kier alpha value is -4.65. The molecule has 1 atom stereocenters. The SMILES string of the molecule is CC(C)(C)OC(=O)N[C@H](c1ccc2ccccc2c1)C(C(=O)OCc1ccccc1)C(=O)OCc1ccccc1. The second-order valence-corrected chi connectivity index (χ2v) is 10.4. The Labute approximate surface area is 234 Å². The number of benzene rings is 4. The molecule has 0 radical (unpaired) electrons. The number of carbonyl (C=O) groups is 3. The number of fused-ring (bicyclic) bond motifs is 1. The van der Waals surface area contributed by atoms with Crippen LogP contribution >= 0.6 is 0 Å². The van der Waals surface area contributed by atoms with Gasteiger partial charge in [-0.3, -0.25) is 9.59 Å². The number of rotatable bonds is 9. The normalized spacial score (nSPS) is 12.0. The summed E-state index contributed by atoms with van der Waals surface area (Å²) in [6.45, 7) is 5.12. The molecular formula is C33H33NO6. The number of esters is 2. The van der Waals surface area contributed by atoms with Gasteiger partial charge in [0.05, 0.1) is 6.04 Å². The summed E-state index contributed by atoms with van der Waals surface area (Å²) in [5.41, 5.74) is 1.25. The first kappa shape index (κ1) is 28.4. The highest BCUT2D eigenvalue weighted by Crippen LogP contribution is 2.29. The van der Waals surface area contributed by atoms with Crippen LogP contribution in [-0.4, -0.2) is 23.6 Å². The average molecular weight is 540 g/mol. The molecule has 206 valence electrons. The quantitative estimate of drug-likeness (QED) is 0.148. The topological polar surface area (TPSA) is 90.9 Å². The first-order valence-corrected chi connectivity index (χ1v) is 13.1. The van der Waals surface area contributed by atoms with E-state index in [1.54, 1.807) is 26.8 Å². The number of hydrogen-bond acceptors (Lipinski definition) is 6. The lowest BCUT2D eigenvalue weighted by molar-refractivity contribution is -0.165. The van der Waals surface area contributed by atoms with Gasteiger partial charge in [0.2, 0.25) is 0 Å². The fourth-order valence-electron chi connectivity index (χ4n) is 4.20. The molecule has 4 aromatic carbocycles. The van der Waals surface area contributed by atoms with Gasteiger partial charge >= 0.3 is 18.0 Å². The highest BCUT2D eigenvalue weighted by atomic mass is 16.6. The maximum absolute atomic E-state index is 13.6. The maximum atomic E-state index is 13.6. The Balaban J connectivity index is 1.69. The molecule has 4 aromatic rings. The molecule has 0 saturated heterocycles. The van der Waals surface area contributed by atoms with Crippen LogP contribution in [0.25, 0.3) is 10.8 Å². The van der Waals surface area contributed by atoms with E-state index in [9.17, 15) is 14.4 Å². The Morgan fingerprint density at radius 1 is 0.675 bits per heavy atom. The number of carbonyl (C=O) groups excluding carboxylic acids is 3. The Bertz CT molecular complexity index is 1390. The van der Waals surface area contributed by atoms with E-state index in [2.05, 4.69) is 5.32 Å². The summed E-state index contributed by atoms with van der Waals surface area (Å²) < 4.78 is 16.7. The summed E-state index contributed by atoms with van der Waals surface area (Å²) in [5, 5.41) is 4.60. The standard InChI is InChI=1S/C33H33NO6/c1-33(2,3)40-32(37)34-29(27-19-18-25-16-10-11-17-26(25)20-27)28(30(35)38-21-23-12-6-4-7-13-23)31(36)39-22-24-14-8-5-9-15-24/h4-20,28-29H,21-22H2,1-3H3,(H,34,37)/t29-/m1/s1. The lowest BCUT2D eigenvalue weighted by Gasteiger charge is -2.28. The van der Waals surface area contributed by atoms with Gasteiger partial charge in [-0.25, -0.2) is 4.79 Å². The number of amides is 1. The summed E-state index contributed by atoms with van der Waals surface area (Å²) in [6.07, 6.45) is -0.776. The molecule has 0 aromatic heterocycles. The summed E-state index contributed by atoms with van der Waals surface area (Å²) in [4.78, 5) is 40.2. The van der Waals surface area contributed by atoms with Crippen molar-refractivity contribution in [2.24, 2.45) is 5.92 Å². The van der Waals surface area contributed by atoms with Crippen molar-refractivity contribution in [2.45, 2.75) is 45.6 Å². The fourth-order valence-corrected chi connectivity index (χ4v) is 4.20. The van der Waals surface area contributed by atoms with E-state index in [4.69, 9.17) is 14.2 Å². The van der Waals surface area contributed by atoms with Crippen LogP contribution in [0.2, 0.25) is 0 Å². The Morgan fingerprint density at radius 2 is 1.18 bits per heavy atom. The van der Waals surface area contributed by atoms with Gasteiger partial charge < -0.3 is 19.5 Å². The van der Waals surface area contributed by atoms with Gasteiger partial charge in [0.1, 0.15) is 18.8 Å². The van der Waals surface area contributed by atoms with Crippen LogP contribution in [0.4, 0.5) is 4.79 Å². The van der Waals surface area contributed by atoms with E-state index in [1.807, 2.05) is 97.1 Å². The van der Waals surface area contributed by atoms with E-state index in [0.717, 1.165) is 21.9 Å². The van der Waals surface area contributed by atoms with Crippen LogP contribution in [0.15, 0.2) is 103 Å². The molecule has 0 heterocycles. The first-order chi connectivity index (χ1) is 19.2. The molecule has 1 amide bonds. The van der Waals surface area contributed by atoms with E-state index < -0.39 is 35.6 Å². The number of alkyl carbamates (subject to hydrolysis) is 1. The molecule has 0 fully saturated rings. The number of hydrogen-bond donors (Lipinski definition) is 1. The highest BCUT2D eigenvalue weighted by molar-refractivity contribution is 5.97. The van der Waals surface area contributed by atoms with E-state index in [0.29, 0.717) is 5.56 Å². The number of ether oxygens (including phenoxy) is 3.